The van der Waals surface area contributed by atoms with Crippen molar-refractivity contribution in [2.45, 2.75) is 44.9 Å². The summed E-state index contributed by atoms with van der Waals surface area (Å²) in [6.45, 7) is 8.32. The van der Waals surface area contributed by atoms with Gasteiger partial charge in [0.2, 0.25) is 0 Å². The maximum absolute atomic E-state index is 11.9. The van der Waals surface area contributed by atoms with Crippen LogP contribution in [0.2, 0.25) is 0 Å². The number of ether oxygens (including phenoxy) is 2. The summed E-state index contributed by atoms with van der Waals surface area (Å²) in [5.41, 5.74) is -0.667. The molecule has 0 radical (unpaired) electrons. The maximum Gasteiger partial charge on any atom is 0.327 e. The van der Waals surface area contributed by atoms with Gasteiger partial charge in [-0.2, -0.15) is 0 Å². The number of carbonyl (C=O) groups is 1. The highest BCUT2D eigenvalue weighted by molar-refractivity contribution is 5.80. The Kier molecular flexibility index (Phi) is 5.56. The molecule has 0 saturated carbocycles. The first-order valence-corrected chi connectivity index (χ1v) is 6.59. The van der Waals surface area contributed by atoms with E-state index in [-0.39, 0.29) is 12.1 Å². The number of hydrogen-bond donors (Lipinski definition) is 1. The second-order valence-corrected chi connectivity index (χ2v) is 5.21. The standard InChI is InChI=1S/C13H26N2O3/c1-6-11-8-18-10(2)7-15(11)9-13(3,14-4)12(16)17-5/h10-11,14H,6-9H2,1-5H3. The van der Waals surface area contributed by atoms with E-state index in [9.17, 15) is 4.79 Å². The molecule has 106 valence electrons. The van der Waals surface area contributed by atoms with Crippen molar-refractivity contribution in [3.05, 3.63) is 0 Å². The van der Waals surface area contributed by atoms with Crippen LogP contribution in [-0.4, -0.2) is 62.4 Å². The minimum Gasteiger partial charge on any atom is -0.468 e. The molecule has 18 heavy (non-hydrogen) atoms. The molecule has 5 heteroatoms. The van der Waals surface area contributed by atoms with E-state index in [1.54, 1.807) is 7.05 Å². The van der Waals surface area contributed by atoms with E-state index in [4.69, 9.17) is 9.47 Å². The Morgan fingerprint density at radius 3 is 2.78 bits per heavy atom. The van der Waals surface area contributed by atoms with Gasteiger partial charge in [0.1, 0.15) is 5.54 Å². The third-order valence-electron chi connectivity index (χ3n) is 3.76. The number of nitrogens with zero attached hydrogens (tertiary/aromatic N) is 1. The van der Waals surface area contributed by atoms with Crippen molar-refractivity contribution in [1.82, 2.24) is 10.2 Å². The van der Waals surface area contributed by atoms with E-state index < -0.39 is 5.54 Å². The summed E-state index contributed by atoms with van der Waals surface area (Å²) < 4.78 is 10.6. The molecule has 3 unspecified atom stereocenters. The lowest BCUT2D eigenvalue weighted by molar-refractivity contribution is -0.150. The lowest BCUT2D eigenvalue weighted by atomic mass is 9.99. The van der Waals surface area contributed by atoms with Crippen molar-refractivity contribution in [1.29, 1.82) is 0 Å². The molecule has 1 fully saturated rings. The van der Waals surface area contributed by atoms with Gasteiger partial charge in [-0.05, 0) is 27.3 Å². The van der Waals surface area contributed by atoms with Gasteiger partial charge in [-0.15, -0.1) is 0 Å². The molecule has 1 aliphatic heterocycles. The van der Waals surface area contributed by atoms with E-state index in [1.165, 1.54) is 7.11 Å². The second kappa shape index (κ2) is 6.50. The molecule has 1 aliphatic rings. The molecular formula is C13H26N2O3. The Balaban J connectivity index is 2.74. The number of carbonyl (C=O) groups excluding carboxylic acids is 1. The van der Waals surface area contributed by atoms with Gasteiger partial charge in [0, 0.05) is 19.1 Å². The van der Waals surface area contributed by atoms with Crippen molar-refractivity contribution >= 4 is 5.97 Å². The molecule has 0 amide bonds. The minimum absolute atomic E-state index is 0.214. The first kappa shape index (κ1) is 15.4. The van der Waals surface area contributed by atoms with E-state index in [1.807, 2.05) is 6.92 Å². The summed E-state index contributed by atoms with van der Waals surface area (Å²) in [4.78, 5) is 14.2. The minimum atomic E-state index is -0.667. The molecule has 5 nitrogen and oxygen atoms in total. The number of methoxy groups -OCH3 is 1. The van der Waals surface area contributed by atoms with Crippen LogP contribution < -0.4 is 5.32 Å². The van der Waals surface area contributed by atoms with Gasteiger partial charge >= 0.3 is 5.97 Å². The third-order valence-corrected chi connectivity index (χ3v) is 3.76. The summed E-state index contributed by atoms with van der Waals surface area (Å²) in [7, 11) is 3.22. The second-order valence-electron chi connectivity index (χ2n) is 5.21. The van der Waals surface area contributed by atoms with Crippen LogP contribution in [0.5, 0.6) is 0 Å². The quantitative estimate of drug-likeness (QED) is 0.733. The van der Waals surface area contributed by atoms with Crippen molar-refractivity contribution < 1.29 is 14.3 Å². The molecule has 3 atom stereocenters. The normalized spacial score (nSPS) is 28.7. The molecule has 0 spiro atoms. The van der Waals surface area contributed by atoms with Crippen LogP contribution in [0.15, 0.2) is 0 Å². The molecule has 1 heterocycles. The summed E-state index contributed by atoms with van der Waals surface area (Å²) in [5.74, 6) is -0.223. The highest BCUT2D eigenvalue weighted by Gasteiger charge is 2.38. The summed E-state index contributed by atoms with van der Waals surface area (Å²) in [5, 5.41) is 3.08. The van der Waals surface area contributed by atoms with Crippen LogP contribution in [0.1, 0.15) is 27.2 Å². The Morgan fingerprint density at radius 1 is 1.61 bits per heavy atom. The number of likely N-dealkylation sites (N-methyl/N-ethyl adjacent to an activating group) is 1. The number of nitrogens with one attached hydrogen (secondary N) is 1. The van der Waals surface area contributed by atoms with Crippen molar-refractivity contribution in [2.24, 2.45) is 0 Å². The van der Waals surface area contributed by atoms with Crippen LogP contribution in [0.4, 0.5) is 0 Å². The Hall–Kier alpha value is -0.650. The van der Waals surface area contributed by atoms with Crippen LogP contribution in [0.3, 0.4) is 0 Å². The highest BCUT2D eigenvalue weighted by atomic mass is 16.5. The summed E-state index contributed by atoms with van der Waals surface area (Å²) >= 11 is 0. The lowest BCUT2D eigenvalue weighted by Gasteiger charge is -2.42. The maximum atomic E-state index is 11.9. The van der Waals surface area contributed by atoms with E-state index in [2.05, 4.69) is 24.1 Å². The molecule has 0 aromatic rings. The fourth-order valence-corrected chi connectivity index (χ4v) is 2.36. The van der Waals surface area contributed by atoms with Crippen molar-refractivity contribution in [3.8, 4) is 0 Å². The first-order valence-electron chi connectivity index (χ1n) is 6.59. The van der Waals surface area contributed by atoms with E-state index >= 15 is 0 Å². The molecule has 0 aromatic carbocycles. The van der Waals surface area contributed by atoms with Crippen LogP contribution >= 0.6 is 0 Å². The zero-order chi connectivity index (χ0) is 13.8. The van der Waals surface area contributed by atoms with E-state index in [0.717, 1.165) is 19.6 Å². The smallest absolute Gasteiger partial charge is 0.327 e. The van der Waals surface area contributed by atoms with Gasteiger partial charge in [-0.25, -0.2) is 0 Å². The van der Waals surface area contributed by atoms with Crippen LogP contribution in [0.25, 0.3) is 0 Å². The lowest BCUT2D eigenvalue weighted by Crippen LogP contribution is -2.60. The average Bonchev–Trinajstić information content (AvgIpc) is 2.37. The first-order chi connectivity index (χ1) is 8.46. The topological polar surface area (TPSA) is 50.8 Å². The number of morpholine rings is 1. The fraction of sp³-hybridized carbons (Fsp3) is 0.923. The van der Waals surface area contributed by atoms with Gasteiger partial charge < -0.3 is 14.8 Å². The van der Waals surface area contributed by atoms with E-state index in [0.29, 0.717) is 12.6 Å². The Labute approximate surface area is 110 Å². The Morgan fingerprint density at radius 2 is 2.28 bits per heavy atom. The SMILES string of the molecule is CCC1COC(C)CN1CC(C)(NC)C(=O)OC. The van der Waals surface area contributed by atoms with Crippen LogP contribution in [-0.2, 0) is 14.3 Å². The molecule has 1 rings (SSSR count). The van der Waals surface area contributed by atoms with Gasteiger partial charge in [-0.1, -0.05) is 6.92 Å². The monoisotopic (exact) mass is 258 g/mol. The van der Waals surface area contributed by atoms with Crippen LogP contribution in [0, 0.1) is 0 Å². The van der Waals surface area contributed by atoms with Gasteiger partial charge in [0.15, 0.2) is 0 Å². The predicted octanol–water partition coefficient (Wildman–Crippen LogP) is 0.637. The predicted molar refractivity (Wildman–Crippen MR) is 70.5 cm³/mol. The molecule has 0 bridgehead atoms. The zero-order valence-electron chi connectivity index (χ0n) is 12.2. The number of esters is 1. The fourth-order valence-electron chi connectivity index (χ4n) is 2.36. The van der Waals surface area contributed by atoms with Crippen molar-refractivity contribution in [3.63, 3.8) is 0 Å². The zero-order valence-corrected chi connectivity index (χ0v) is 12.2. The van der Waals surface area contributed by atoms with Gasteiger partial charge in [0.05, 0.1) is 19.8 Å². The third kappa shape index (κ3) is 3.43. The largest absolute Gasteiger partial charge is 0.468 e. The molecule has 1 N–H and O–H groups in total. The molecule has 1 saturated heterocycles. The molecule has 0 aliphatic carbocycles. The van der Waals surface area contributed by atoms with Crippen molar-refractivity contribution in [2.75, 3.05) is 33.9 Å². The molecule has 0 aromatic heterocycles. The van der Waals surface area contributed by atoms with Gasteiger partial charge in [-0.3, -0.25) is 9.69 Å². The molecular weight excluding hydrogens is 232 g/mol. The highest BCUT2D eigenvalue weighted by Crippen LogP contribution is 2.18. The van der Waals surface area contributed by atoms with Gasteiger partial charge in [0.25, 0.3) is 0 Å². The number of rotatable bonds is 5. The number of hydrogen-bond acceptors (Lipinski definition) is 5. The Bertz CT molecular complexity index is 285. The summed E-state index contributed by atoms with van der Waals surface area (Å²) in [6.07, 6.45) is 1.24. The average molecular weight is 258 g/mol. The summed E-state index contributed by atoms with van der Waals surface area (Å²) in [6, 6.07) is 0.374.